The van der Waals surface area contributed by atoms with E-state index in [1.165, 1.54) is 19.3 Å². The van der Waals surface area contributed by atoms with Crippen molar-refractivity contribution in [1.29, 1.82) is 0 Å². The maximum atomic E-state index is 14.8. The van der Waals surface area contributed by atoms with E-state index < -0.39 is 58.0 Å². The number of allylic oxidation sites excluding steroid dienone is 1. The van der Waals surface area contributed by atoms with Gasteiger partial charge in [-0.2, -0.15) is 0 Å². The third kappa shape index (κ3) is 6.20. The number of hydrogen-bond donors (Lipinski definition) is 3. The molecule has 2 bridgehead atoms. The highest BCUT2D eigenvalue weighted by Gasteiger charge is 2.73. The lowest BCUT2D eigenvalue weighted by Crippen LogP contribution is -2.65. The van der Waals surface area contributed by atoms with Crippen molar-refractivity contribution in [2.75, 3.05) is 6.61 Å². The summed E-state index contributed by atoms with van der Waals surface area (Å²) in [5, 5.41) is 35.6. The lowest BCUT2D eigenvalue weighted by Gasteiger charge is -2.48. The predicted octanol–water partition coefficient (Wildman–Crippen LogP) is 5.85. The molecule has 0 radical (unpaired) electrons. The van der Waals surface area contributed by atoms with Crippen LogP contribution in [-0.4, -0.2) is 63.1 Å². The summed E-state index contributed by atoms with van der Waals surface area (Å²) >= 11 is 0. The van der Waals surface area contributed by atoms with E-state index in [2.05, 4.69) is 6.92 Å². The van der Waals surface area contributed by atoms with Gasteiger partial charge < -0.3 is 24.8 Å². The highest BCUT2D eigenvalue weighted by molar-refractivity contribution is 5.95. The van der Waals surface area contributed by atoms with Gasteiger partial charge in [0.15, 0.2) is 5.78 Å². The van der Waals surface area contributed by atoms with Gasteiger partial charge in [-0.1, -0.05) is 99.1 Å². The molecule has 0 aromatic carbocycles. The van der Waals surface area contributed by atoms with Gasteiger partial charge in [-0.05, 0) is 49.7 Å². The summed E-state index contributed by atoms with van der Waals surface area (Å²) < 4.78 is 11.9. The van der Waals surface area contributed by atoms with Crippen LogP contribution in [0, 0.1) is 34.5 Å². The van der Waals surface area contributed by atoms with E-state index in [1.54, 1.807) is 26.0 Å². The smallest absolute Gasteiger partial charge is 0.309 e. The summed E-state index contributed by atoms with van der Waals surface area (Å²) in [5.74, 6) is -3.02. The van der Waals surface area contributed by atoms with Crippen molar-refractivity contribution in [3.05, 3.63) is 23.3 Å². The van der Waals surface area contributed by atoms with Gasteiger partial charge in [-0.25, -0.2) is 0 Å². The molecule has 3 rings (SSSR count). The highest BCUT2D eigenvalue weighted by atomic mass is 16.6. The van der Waals surface area contributed by atoms with Crippen LogP contribution in [0.15, 0.2) is 23.3 Å². The SMILES string of the molecule is CCCCCCCCCC(=O)O[C@]1(C)CC(C)C23C=C(C)[C@H](O)[C@@]2(O)[C@H](O)C(COC(=O)C(C)C(C)C)=C[C@H](C3=O)C1(C)C. The Bertz CT molecular complexity index is 1140. The number of esters is 2. The number of hydrogen-bond acceptors (Lipinski definition) is 8. The first-order valence-electron chi connectivity index (χ1n) is 16.8. The van der Waals surface area contributed by atoms with Crippen LogP contribution >= 0.6 is 0 Å². The zero-order valence-corrected chi connectivity index (χ0v) is 28.6. The quantitative estimate of drug-likeness (QED) is 0.133. The topological polar surface area (TPSA) is 130 Å². The summed E-state index contributed by atoms with van der Waals surface area (Å²) in [6.45, 7) is 16.5. The standard InChI is InChI=1S/C36H58O8/c1-10-11-12-13-14-15-16-17-28(37)44-34(9)20-24(5)35-19-23(4)29(38)36(35,42)30(39)26(18-27(31(35)40)33(34,7)8)21-43-32(41)25(6)22(2)3/h18-19,22,24-25,27,29-30,38-39,42H,10-17,20-21H2,1-9H3/t24?,25?,27-,29+,30-,34-,35?,36-/m1/s1. The molecule has 250 valence electrons. The van der Waals surface area contributed by atoms with E-state index >= 15 is 0 Å². The molecular formula is C36H58O8. The molecule has 0 heterocycles. The number of Topliss-reactive ketones (excluding diaryl/α,β-unsaturated/α-hetero) is 1. The third-order valence-electron chi connectivity index (χ3n) is 11.5. The Morgan fingerprint density at radius 3 is 2.18 bits per heavy atom. The van der Waals surface area contributed by atoms with Gasteiger partial charge in [0.05, 0.1) is 11.3 Å². The minimum atomic E-state index is -2.30. The number of unbranched alkanes of at least 4 members (excludes halogenated alkanes) is 6. The van der Waals surface area contributed by atoms with E-state index in [9.17, 15) is 29.7 Å². The lowest BCUT2D eigenvalue weighted by molar-refractivity contribution is -0.192. The Hall–Kier alpha value is -2.03. The van der Waals surface area contributed by atoms with E-state index in [4.69, 9.17) is 9.47 Å². The van der Waals surface area contributed by atoms with Gasteiger partial charge in [0, 0.05) is 17.8 Å². The van der Waals surface area contributed by atoms with Crippen LogP contribution in [0.3, 0.4) is 0 Å². The van der Waals surface area contributed by atoms with Crippen molar-refractivity contribution < 1.29 is 39.2 Å². The Labute approximate surface area is 264 Å². The summed E-state index contributed by atoms with van der Waals surface area (Å²) in [5.41, 5.74) is -5.51. The molecule has 0 aliphatic heterocycles. The summed E-state index contributed by atoms with van der Waals surface area (Å²) in [7, 11) is 0. The second-order valence-electron chi connectivity index (χ2n) is 15.0. The molecule has 0 aromatic rings. The molecule has 8 atom stereocenters. The molecule has 3 aliphatic carbocycles. The van der Waals surface area contributed by atoms with Crippen LogP contribution in [0.5, 0.6) is 0 Å². The Kier molecular flexibility index (Phi) is 11.4. The number of carbonyl (C=O) groups excluding carboxylic acids is 3. The van der Waals surface area contributed by atoms with Crippen LogP contribution in [0.2, 0.25) is 0 Å². The molecule has 1 spiro atoms. The van der Waals surface area contributed by atoms with Crippen LogP contribution in [0.4, 0.5) is 0 Å². The van der Waals surface area contributed by atoms with E-state index in [0.29, 0.717) is 5.57 Å². The largest absolute Gasteiger partial charge is 0.461 e. The second-order valence-corrected chi connectivity index (χ2v) is 15.0. The van der Waals surface area contributed by atoms with Gasteiger partial charge in [0.2, 0.25) is 0 Å². The Morgan fingerprint density at radius 1 is 1.00 bits per heavy atom. The zero-order chi connectivity index (χ0) is 33.3. The van der Waals surface area contributed by atoms with E-state index in [0.717, 1.165) is 25.7 Å². The maximum absolute atomic E-state index is 14.8. The van der Waals surface area contributed by atoms with Crippen LogP contribution in [0.1, 0.15) is 120 Å². The normalized spacial score (nSPS) is 35.2. The molecule has 3 unspecified atom stereocenters. The zero-order valence-electron chi connectivity index (χ0n) is 28.6. The van der Waals surface area contributed by atoms with Gasteiger partial charge in [0.25, 0.3) is 0 Å². The molecule has 1 fully saturated rings. The average Bonchev–Trinajstić information content (AvgIpc) is 3.10. The highest BCUT2D eigenvalue weighted by Crippen LogP contribution is 2.63. The first kappa shape index (κ1) is 36.4. The lowest BCUT2D eigenvalue weighted by atomic mass is 9.59. The van der Waals surface area contributed by atoms with E-state index in [-0.39, 0.29) is 42.7 Å². The van der Waals surface area contributed by atoms with Crippen molar-refractivity contribution in [3.63, 3.8) is 0 Å². The van der Waals surface area contributed by atoms with Crippen LogP contribution in [0.25, 0.3) is 0 Å². The van der Waals surface area contributed by atoms with Crippen LogP contribution in [-0.2, 0) is 23.9 Å². The molecule has 8 heteroatoms. The third-order valence-corrected chi connectivity index (χ3v) is 11.5. The maximum Gasteiger partial charge on any atom is 0.309 e. The number of rotatable bonds is 13. The molecule has 8 nitrogen and oxygen atoms in total. The monoisotopic (exact) mass is 618 g/mol. The van der Waals surface area contributed by atoms with Gasteiger partial charge in [-0.3, -0.25) is 14.4 Å². The number of ketones is 1. The number of aliphatic hydroxyl groups is 3. The molecule has 0 aromatic heterocycles. The van der Waals surface area contributed by atoms with Crippen molar-refractivity contribution in [2.45, 2.75) is 144 Å². The van der Waals surface area contributed by atoms with Gasteiger partial charge in [-0.15, -0.1) is 0 Å². The molecule has 0 saturated heterocycles. The molecule has 44 heavy (non-hydrogen) atoms. The fraction of sp³-hybridized carbons (Fsp3) is 0.806. The van der Waals surface area contributed by atoms with Gasteiger partial charge in [0.1, 0.15) is 30.0 Å². The first-order chi connectivity index (χ1) is 20.4. The minimum Gasteiger partial charge on any atom is -0.461 e. The van der Waals surface area contributed by atoms with Crippen molar-refractivity contribution in [3.8, 4) is 0 Å². The molecule has 1 saturated carbocycles. The van der Waals surface area contributed by atoms with E-state index in [1.807, 2.05) is 41.5 Å². The average molecular weight is 619 g/mol. The molecule has 3 N–H and O–H groups in total. The Balaban J connectivity index is 2.00. The summed E-state index contributed by atoms with van der Waals surface area (Å²) in [6.07, 6.45) is 8.06. The van der Waals surface area contributed by atoms with Crippen molar-refractivity contribution >= 4 is 17.7 Å². The predicted molar refractivity (Wildman–Crippen MR) is 169 cm³/mol. The second kappa shape index (κ2) is 13.8. The Morgan fingerprint density at radius 2 is 1.59 bits per heavy atom. The number of ether oxygens (including phenoxy) is 2. The van der Waals surface area contributed by atoms with Crippen LogP contribution < -0.4 is 0 Å². The fourth-order valence-electron chi connectivity index (χ4n) is 7.73. The summed E-state index contributed by atoms with van der Waals surface area (Å²) in [6, 6.07) is 0. The first-order valence-corrected chi connectivity index (χ1v) is 16.8. The fourth-order valence-corrected chi connectivity index (χ4v) is 7.73. The number of aliphatic hydroxyl groups excluding tert-OH is 2. The number of fused-ring (bicyclic) bond motifs is 1. The molecule has 3 aliphatic rings. The van der Waals surface area contributed by atoms with Crippen molar-refractivity contribution in [2.24, 2.45) is 34.5 Å². The molecule has 0 amide bonds. The minimum absolute atomic E-state index is 0.0343. The number of carbonyl (C=O) groups is 3. The summed E-state index contributed by atoms with van der Waals surface area (Å²) in [4.78, 5) is 40.8. The van der Waals surface area contributed by atoms with Gasteiger partial charge >= 0.3 is 11.9 Å². The van der Waals surface area contributed by atoms with Crippen molar-refractivity contribution in [1.82, 2.24) is 0 Å². The molecular weight excluding hydrogens is 560 g/mol.